The summed E-state index contributed by atoms with van der Waals surface area (Å²) in [6, 6.07) is 6.17. The van der Waals surface area contributed by atoms with Gasteiger partial charge in [0.1, 0.15) is 5.69 Å². The summed E-state index contributed by atoms with van der Waals surface area (Å²) < 4.78 is 0. The average molecular weight is 266 g/mol. The molecule has 7 nitrogen and oxygen atoms in total. The Labute approximate surface area is 111 Å². The summed E-state index contributed by atoms with van der Waals surface area (Å²) in [6.45, 7) is 3.41. The van der Waals surface area contributed by atoms with Gasteiger partial charge in [0.05, 0.1) is 4.92 Å². The highest BCUT2D eigenvalue weighted by molar-refractivity contribution is 5.73. The molecule has 19 heavy (non-hydrogen) atoms. The van der Waals surface area contributed by atoms with Gasteiger partial charge in [-0.25, -0.2) is 4.79 Å². The first kappa shape index (κ1) is 14.7. The summed E-state index contributed by atoms with van der Waals surface area (Å²) >= 11 is 0. The van der Waals surface area contributed by atoms with Gasteiger partial charge in [-0.05, 0) is 12.5 Å². The maximum absolute atomic E-state index is 11.2. The average Bonchev–Trinajstić information content (AvgIpc) is 2.41. The Balaban J connectivity index is 2.33. The third kappa shape index (κ3) is 5.24. The second-order valence-electron chi connectivity index (χ2n) is 3.88. The van der Waals surface area contributed by atoms with E-state index in [1.807, 2.05) is 6.92 Å². The van der Waals surface area contributed by atoms with Gasteiger partial charge in [0, 0.05) is 25.7 Å². The molecule has 1 aromatic carbocycles. The molecule has 0 saturated carbocycles. The van der Waals surface area contributed by atoms with Crippen molar-refractivity contribution in [2.75, 3.05) is 25.0 Å². The van der Waals surface area contributed by atoms with E-state index in [1.54, 1.807) is 18.2 Å². The molecule has 0 saturated heterocycles. The van der Waals surface area contributed by atoms with Gasteiger partial charge in [0.25, 0.3) is 5.69 Å². The van der Waals surface area contributed by atoms with Crippen molar-refractivity contribution in [3.63, 3.8) is 0 Å². The van der Waals surface area contributed by atoms with Crippen molar-refractivity contribution >= 4 is 17.4 Å². The molecule has 104 valence electrons. The predicted octanol–water partition coefficient (Wildman–Crippen LogP) is 1.72. The Morgan fingerprint density at radius 1 is 1.21 bits per heavy atom. The monoisotopic (exact) mass is 266 g/mol. The van der Waals surface area contributed by atoms with Crippen LogP contribution in [0.2, 0.25) is 0 Å². The van der Waals surface area contributed by atoms with Crippen molar-refractivity contribution in [3.05, 3.63) is 34.4 Å². The van der Waals surface area contributed by atoms with Crippen molar-refractivity contribution in [2.45, 2.75) is 13.3 Å². The van der Waals surface area contributed by atoms with E-state index in [4.69, 9.17) is 0 Å². The van der Waals surface area contributed by atoms with Gasteiger partial charge in [0.15, 0.2) is 0 Å². The number of nitrogens with zero attached hydrogens (tertiary/aromatic N) is 1. The topological polar surface area (TPSA) is 96.3 Å². The molecule has 0 fully saturated rings. The van der Waals surface area contributed by atoms with Crippen molar-refractivity contribution in [1.82, 2.24) is 10.6 Å². The van der Waals surface area contributed by atoms with Crippen LogP contribution in [-0.4, -0.2) is 30.6 Å². The minimum atomic E-state index is -0.441. The Hall–Kier alpha value is -2.31. The summed E-state index contributed by atoms with van der Waals surface area (Å²) in [5.74, 6) is 0. The third-order valence-corrected chi connectivity index (χ3v) is 2.36. The maximum atomic E-state index is 11.2. The van der Waals surface area contributed by atoms with E-state index < -0.39 is 4.92 Å². The molecule has 0 heterocycles. The number of nitrogens with one attached hydrogen (secondary N) is 3. The Morgan fingerprint density at radius 3 is 2.58 bits per heavy atom. The minimum absolute atomic E-state index is 0.0259. The molecule has 0 aromatic heterocycles. The standard InChI is InChI=1S/C12H18N4O3/c1-2-7-14-12(17)15-9-8-13-10-5-3-4-6-11(10)16(18)19/h3-6,13H,2,7-9H2,1H3,(H2,14,15,17). The molecule has 1 rings (SSSR count). The SMILES string of the molecule is CCCNC(=O)NCCNc1ccccc1[N+](=O)[O-]. The lowest BCUT2D eigenvalue weighted by molar-refractivity contribution is -0.384. The lowest BCUT2D eigenvalue weighted by Gasteiger charge is -2.09. The number of rotatable bonds is 7. The summed E-state index contributed by atoms with van der Waals surface area (Å²) in [5.41, 5.74) is 0.473. The van der Waals surface area contributed by atoms with Gasteiger partial charge in [0.2, 0.25) is 0 Å². The number of anilines is 1. The fourth-order valence-corrected chi connectivity index (χ4v) is 1.46. The van der Waals surface area contributed by atoms with Crippen molar-refractivity contribution in [2.24, 2.45) is 0 Å². The van der Waals surface area contributed by atoms with Crippen molar-refractivity contribution in [1.29, 1.82) is 0 Å². The molecular formula is C12H18N4O3. The van der Waals surface area contributed by atoms with E-state index in [0.717, 1.165) is 6.42 Å². The number of benzene rings is 1. The lowest BCUT2D eigenvalue weighted by atomic mass is 10.2. The van der Waals surface area contributed by atoms with Gasteiger partial charge in [-0.15, -0.1) is 0 Å². The lowest BCUT2D eigenvalue weighted by Crippen LogP contribution is -2.38. The zero-order valence-electron chi connectivity index (χ0n) is 10.8. The zero-order valence-corrected chi connectivity index (χ0v) is 10.8. The molecule has 0 spiro atoms. The van der Waals surface area contributed by atoms with Gasteiger partial charge >= 0.3 is 6.03 Å². The molecule has 0 aliphatic heterocycles. The van der Waals surface area contributed by atoms with Gasteiger partial charge in [-0.2, -0.15) is 0 Å². The second kappa shape index (κ2) is 7.91. The van der Waals surface area contributed by atoms with Crippen molar-refractivity contribution in [3.8, 4) is 0 Å². The number of para-hydroxylation sites is 2. The molecule has 0 unspecified atom stereocenters. The summed E-state index contributed by atoms with van der Waals surface area (Å²) in [7, 11) is 0. The Morgan fingerprint density at radius 2 is 1.89 bits per heavy atom. The molecule has 7 heteroatoms. The quantitative estimate of drug-likeness (QED) is 0.397. The molecule has 2 amide bonds. The van der Waals surface area contributed by atoms with Gasteiger partial charge < -0.3 is 16.0 Å². The smallest absolute Gasteiger partial charge is 0.314 e. The zero-order chi connectivity index (χ0) is 14.1. The highest BCUT2D eigenvalue weighted by Crippen LogP contribution is 2.22. The molecule has 0 radical (unpaired) electrons. The van der Waals surface area contributed by atoms with E-state index in [0.29, 0.717) is 25.3 Å². The first-order valence-corrected chi connectivity index (χ1v) is 6.14. The van der Waals surface area contributed by atoms with Crippen molar-refractivity contribution < 1.29 is 9.72 Å². The minimum Gasteiger partial charge on any atom is -0.378 e. The third-order valence-electron chi connectivity index (χ3n) is 2.36. The summed E-state index contributed by atoms with van der Waals surface area (Å²) in [6.07, 6.45) is 0.877. The molecular weight excluding hydrogens is 248 g/mol. The fourth-order valence-electron chi connectivity index (χ4n) is 1.46. The molecule has 0 aliphatic carbocycles. The second-order valence-corrected chi connectivity index (χ2v) is 3.88. The number of urea groups is 1. The number of hydrogen-bond acceptors (Lipinski definition) is 4. The van der Waals surface area contributed by atoms with Crippen LogP contribution < -0.4 is 16.0 Å². The molecule has 0 bridgehead atoms. The first-order valence-electron chi connectivity index (χ1n) is 6.14. The van der Waals surface area contributed by atoms with Crippen LogP contribution in [0, 0.1) is 10.1 Å². The largest absolute Gasteiger partial charge is 0.378 e. The van der Waals surface area contributed by atoms with Crippen LogP contribution in [0.4, 0.5) is 16.2 Å². The number of hydrogen-bond donors (Lipinski definition) is 3. The van der Waals surface area contributed by atoms with Crippen LogP contribution >= 0.6 is 0 Å². The van der Waals surface area contributed by atoms with E-state index >= 15 is 0 Å². The van der Waals surface area contributed by atoms with Crippen LogP contribution in [-0.2, 0) is 0 Å². The van der Waals surface area contributed by atoms with Crippen LogP contribution in [0.25, 0.3) is 0 Å². The van der Waals surface area contributed by atoms with E-state index in [1.165, 1.54) is 6.07 Å². The molecule has 3 N–H and O–H groups in total. The fraction of sp³-hybridized carbons (Fsp3) is 0.417. The predicted molar refractivity (Wildman–Crippen MR) is 73.3 cm³/mol. The van der Waals surface area contributed by atoms with Crippen LogP contribution in [0.5, 0.6) is 0 Å². The van der Waals surface area contributed by atoms with Crippen LogP contribution in [0.1, 0.15) is 13.3 Å². The Kier molecular flexibility index (Phi) is 6.14. The van der Waals surface area contributed by atoms with E-state index in [9.17, 15) is 14.9 Å². The van der Waals surface area contributed by atoms with E-state index in [2.05, 4.69) is 16.0 Å². The number of nitro benzene ring substituents is 1. The highest BCUT2D eigenvalue weighted by atomic mass is 16.6. The number of amides is 2. The summed E-state index contributed by atoms with van der Waals surface area (Å²) in [5, 5.41) is 19.0. The number of carbonyl (C=O) groups excluding carboxylic acids is 1. The number of carbonyl (C=O) groups is 1. The normalized spacial score (nSPS) is 9.74. The summed E-state index contributed by atoms with van der Waals surface area (Å²) in [4.78, 5) is 21.6. The Bertz CT molecular complexity index is 437. The van der Waals surface area contributed by atoms with Gasteiger partial charge in [-0.3, -0.25) is 10.1 Å². The number of nitro groups is 1. The molecule has 1 aromatic rings. The molecule has 0 aliphatic rings. The highest BCUT2D eigenvalue weighted by Gasteiger charge is 2.11. The van der Waals surface area contributed by atoms with Crippen LogP contribution in [0.3, 0.4) is 0 Å². The van der Waals surface area contributed by atoms with E-state index in [-0.39, 0.29) is 11.7 Å². The molecule has 0 atom stereocenters. The first-order chi connectivity index (χ1) is 9.15. The van der Waals surface area contributed by atoms with Gasteiger partial charge in [-0.1, -0.05) is 19.1 Å². The van der Waals surface area contributed by atoms with Crippen LogP contribution in [0.15, 0.2) is 24.3 Å². The maximum Gasteiger partial charge on any atom is 0.314 e.